The third kappa shape index (κ3) is 4.77. The molecule has 2 saturated carbocycles. The molecule has 1 unspecified atom stereocenters. The summed E-state index contributed by atoms with van der Waals surface area (Å²) in [5.41, 5.74) is 2.99. The van der Waals surface area contributed by atoms with Crippen LogP contribution in [0.5, 0.6) is 0 Å². The average Bonchev–Trinajstić information content (AvgIpc) is 3.48. The van der Waals surface area contributed by atoms with E-state index in [0.717, 1.165) is 44.1 Å². The Morgan fingerprint density at radius 1 is 1.11 bits per heavy atom. The van der Waals surface area contributed by atoms with Crippen LogP contribution >= 0.6 is 0 Å². The summed E-state index contributed by atoms with van der Waals surface area (Å²) in [5.74, 6) is 0.227. The molecule has 9 nitrogen and oxygen atoms in total. The minimum absolute atomic E-state index is 0.206. The van der Waals surface area contributed by atoms with Gasteiger partial charge < -0.3 is 15.4 Å². The van der Waals surface area contributed by atoms with Crippen LogP contribution in [0.15, 0.2) is 29.2 Å². The highest BCUT2D eigenvalue weighted by Crippen LogP contribution is 2.40. The van der Waals surface area contributed by atoms with Gasteiger partial charge in [0.2, 0.25) is 5.91 Å². The zero-order chi connectivity index (χ0) is 26.6. The van der Waals surface area contributed by atoms with Gasteiger partial charge in [-0.15, -0.1) is 0 Å². The molecule has 3 aliphatic rings. The molecule has 0 spiro atoms. The number of halogens is 1. The van der Waals surface area contributed by atoms with E-state index in [2.05, 4.69) is 15.6 Å². The van der Waals surface area contributed by atoms with Crippen LogP contribution in [-0.4, -0.2) is 47.9 Å². The van der Waals surface area contributed by atoms with E-state index in [9.17, 15) is 17.6 Å². The number of imidazole rings is 1. The largest absolute Gasteiger partial charge is 0.358 e. The first-order chi connectivity index (χ1) is 18.2. The highest BCUT2D eigenvalue weighted by molar-refractivity contribution is 7.90. The number of carbonyl (C=O) groups is 1. The molecule has 3 aromatic rings. The number of nitrogens with one attached hydrogen (secondary N) is 2. The van der Waals surface area contributed by atoms with Gasteiger partial charge >= 0.3 is 0 Å². The van der Waals surface area contributed by atoms with Crippen molar-refractivity contribution in [2.24, 2.45) is 5.92 Å². The molecular formula is C27H32FN5O4S. The van der Waals surface area contributed by atoms with E-state index in [1.165, 1.54) is 6.26 Å². The maximum Gasteiger partial charge on any atom is 0.231 e. The van der Waals surface area contributed by atoms with Crippen molar-refractivity contribution in [1.29, 1.82) is 0 Å². The van der Waals surface area contributed by atoms with Crippen LogP contribution in [0.3, 0.4) is 0 Å². The number of alkyl halides is 1. The summed E-state index contributed by atoms with van der Waals surface area (Å²) in [6.07, 6.45) is 6.11. The summed E-state index contributed by atoms with van der Waals surface area (Å²) < 4.78 is 47.1. The Morgan fingerprint density at radius 3 is 2.53 bits per heavy atom. The first-order valence-electron chi connectivity index (χ1n) is 13.3. The molecule has 2 aliphatic carbocycles. The minimum atomic E-state index is -3.54. The fraction of sp³-hybridized carbons (Fsp3) is 0.519. The molecule has 3 atom stereocenters. The molecule has 202 valence electrons. The smallest absolute Gasteiger partial charge is 0.231 e. The number of anilines is 3. The van der Waals surface area contributed by atoms with E-state index >= 15 is 0 Å². The van der Waals surface area contributed by atoms with Gasteiger partial charge in [0.15, 0.2) is 15.5 Å². The second kappa shape index (κ2) is 9.60. The number of hydrogen-bond donors (Lipinski definition) is 2. The Labute approximate surface area is 221 Å². The zero-order valence-electron chi connectivity index (χ0n) is 21.5. The summed E-state index contributed by atoms with van der Waals surface area (Å²) in [6.45, 7) is 2.50. The lowest BCUT2D eigenvalue weighted by Crippen LogP contribution is -2.20. The number of hydrogen-bond acceptors (Lipinski definition) is 7. The molecule has 38 heavy (non-hydrogen) atoms. The predicted octanol–water partition coefficient (Wildman–Crippen LogP) is 5.15. The van der Waals surface area contributed by atoms with Crippen molar-refractivity contribution in [2.75, 3.05) is 23.5 Å². The number of ether oxygens (including phenoxy) is 1. The lowest BCUT2D eigenvalue weighted by Gasteiger charge is -2.26. The molecule has 1 aliphatic heterocycles. The quantitative estimate of drug-likeness (QED) is 0.425. The normalized spacial score (nSPS) is 23.7. The Balaban J connectivity index is 1.44. The number of nitrogens with zero attached hydrogens (tertiary/aromatic N) is 3. The molecular weight excluding hydrogens is 509 g/mol. The van der Waals surface area contributed by atoms with Gasteiger partial charge in [-0.05, 0) is 69.1 Å². The molecule has 0 bridgehead atoms. The molecule has 3 fully saturated rings. The molecule has 11 heteroatoms. The molecule has 2 aromatic heterocycles. The van der Waals surface area contributed by atoms with Crippen LogP contribution in [0.1, 0.15) is 68.5 Å². The van der Waals surface area contributed by atoms with Crippen molar-refractivity contribution in [2.45, 2.75) is 75.1 Å². The Bertz CT molecular complexity index is 1510. The molecule has 3 heterocycles. The second-order valence-electron chi connectivity index (χ2n) is 10.7. The van der Waals surface area contributed by atoms with Gasteiger partial charge in [0, 0.05) is 18.9 Å². The standard InChI is InChI=1S/C27H32FN5O4S/c1-15-29-25-21(30-20-10-9-17(16-6-5-7-16)12-22(20)38(2,35)36)14-23(32-27(34)18-13-19(18)28)31-26(25)33(15)24-8-3-4-11-37-24/h9-10,12,14,16,18-19,24H,3-8,11,13H2,1-2H3,(H2,30,31,32,34)/t18-,19+,24?/m1/s1. The number of aromatic nitrogens is 3. The van der Waals surface area contributed by atoms with Gasteiger partial charge in [0.1, 0.15) is 29.6 Å². The highest BCUT2D eigenvalue weighted by atomic mass is 32.2. The van der Waals surface area contributed by atoms with Gasteiger partial charge in [0.05, 0.1) is 22.2 Å². The molecule has 1 aromatic carbocycles. The number of rotatable bonds is 7. The van der Waals surface area contributed by atoms with Crippen molar-refractivity contribution in [3.63, 3.8) is 0 Å². The fourth-order valence-electron chi connectivity index (χ4n) is 5.35. The van der Waals surface area contributed by atoms with E-state index in [1.807, 2.05) is 17.6 Å². The number of benzene rings is 1. The van der Waals surface area contributed by atoms with Crippen molar-refractivity contribution in [3.8, 4) is 0 Å². The summed E-state index contributed by atoms with van der Waals surface area (Å²) in [7, 11) is -3.54. The van der Waals surface area contributed by atoms with Crippen molar-refractivity contribution >= 4 is 44.1 Å². The maximum absolute atomic E-state index is 13.6. The van der Waals surface area contributed by atoms with E-state index in [4.69, 9.17) is 9.72 Å². The monoisotopic (exact) mass is 541 g/mol. The second-order valence-corrected chi connectivity index (χ2v) is 12.7. The number of sulfone groups is 1. The number of carbonyl (C=O) groups excluding carboxylic acids is 1. The van der Waals surface area contributed by atoms with Crippen molar-refractivity contribution in [1.82, 2.24) is 14.5 Å². The topological polar surface area (TPSA) is 115 Å². The third-order valence-electron chi connectivity index (χ3n) is 7.82. The van der Waals surface area contributed by atoms with Gasteiger partial charge in [-0.2, -0.15) is 0 Å². The Kier molecular flexibility index (Phi) is 6.38. The van der Waals surface area contributed by atoms with E-state index < -0.39 is 27.8 Å². The van der Waals surface area contributed by atoms with E-state index in [1.54, 1.807) is 18.2 Å². The highest BCUT2D eigenvalue weighted by Gasteiger charge is 2.44. The lowest BCUT2D eigenvalue weighted by molar-refractivity contribution is -0.117. The van der Waals surface area contributed by atoms with Gasteiger partial charge in [0.25, 0.3) is 0 Å². The molecule has 1 amide bonds. The number of amides is 1. The SMILES string of the molecule is Cc1nc2c(Nc3ccc(C4CCC4)cc3S(C)(=O)=O)cc(NC(=O)[C@@H]3C[C@@H]3F)nc2n1C1CCCCO1. The maximum atomic E-state index is 13.6. The Hall–Kier alpha value is -3.05. The number of pyridine rings is 1. The van der Waals surface area contributed by atoms with Crippen LogP contribution in [0.25, 0.3) is 11.2 Å². The van der Waals surface area contributed by atoms with Crippen LogP contribution in [0.2, 0.25) is 0 Å². The van der Waals surface area contributed by atoms with Gasteiger partial charge in [-0.1, -0.05) is 12.5 Å². The first kappa shape index (κ1) is 25.2. The van der Waals surface area contributed by atoms with Crippen LogP contribution in [0.4, 0.5) is 21.6 Å². The summed E-state index contributed by atoms with van der Waals surface area (Å²) in [5, 5.41) is 6.02. The predicted molar refractivity (Wildman–Crippen MR) is 142 cm³/mol. The summed E-state index contributed by atoms with van der Waals surface area (Å²) in [6, 6.07) is 7.15. The number of fused-ring (bicyclic) bond motifs is 1. The van der Waals surface area contributed by atoms with Gasteiger partial charge in [-0.3, -0.25) is 9.36 Å². The lowest BCUT2D eigenvalue weighted by atomic mass is 9.80. The first-order valence-corrected chi connectivity index (χ1v) is 15.2. The van der Waals surface area contributed by atoms with Crippen molar-refractivity contribution in [3.05, 3.63) is 35.7 Å². The number of aryl methyl sites for hydroxylation is 1. The molecule has 0 radical (unpaired) electrons. The van der Waals surface area contributed by atoms with Crippen LogP contribution < -0.4 is 10.6 Å². The third-order valence-corrected chi connectivity index (χ3v) is 8.96. The van der Waals surface area contributed by atoms with E-state index in [-0.39, 0.29) is 23.4 Å². The summed E-state index contributed by atoms with van der Waals surface area (Å²) in [4.78, 5) is 22.2. The molecule has 2 N–H and O–H groups in total. The summed E-state index contributed by atoms with van der Waals surface area (Å²) >= 11 is 0. The molecule has 1 saturated heterocycles. The average molecular weight is 542 g/mol. The van der Waals surface area contributed by atoms with Crippen LogP contribution in [0, 0.1) is 12.8 Å². The fourth-order valence-corrected chi connectivity index (χ4v) is 6.22. The van der Waals surface area contributed by atoms with Crippen LogP contribution in [-0.2, 0) is 19.4 Å². The molecule has 6 rings (SSSR count). The van der Waals surface area contributed by atoms with Gasteiger partial charge in [-0.25, -0.2) is 22.8 Å². The van der Waals surface area contributed by atoms with E-state index in [0.29, 0.717) is 40.9 Å². The zero-order valence-corrected chi connectivity index (χ0v) is 22.4. The minimum Gasteiger partial charge on any atom is -0.358 e. The Morgan fingerprint density at radius 2 is 1.89 bits per heavy atom. The van der Waals surface area contributed by atoms with Crippen molar-refractivity contribution < 1.29 is 22.3 Å².